The van der Waals surface area contributed by atoms with Crippen LogP contribution >= 0.6 is 0 Å². The third-order valence-corrected chi connectivity index (χ3v) is 6.33. The summed E-state index contributed by atoms with van der Waals surface area (Å²) in [6, 6.07) is 42.1. The molecular weight excluding hydrogens is 396 g/mol. The molecule has 0 atom stereocenters. The van der Waals surface area contributed by atoms with E-state index in [1.807, 2.05) is 0 Å². The normalized spacial score (nSPS) is 10.9. The average molecular weight is 425 g/mol. The minimum Gasteiger partial charge on any atom is -0.0622 e. The molecule has 0 bridgehead atoms. The number of hydrogen-bond acceptors (Lipinski definition) is 0. The highest BCUT2D eigenvalue weighted by Gasteiger charge is 2.19. The fourth-order valence-electron chi connectivity index (χ4n) is 4.47. The second-order valence-electron chi connectivity index (χ2n) is 8.87. The van der Waals surface area contributed by atoms with Crippen LogP contribution in [0.2, 0.25) is 0 Å². The highest BCUT2D eigenvalue weighted by atomic mass is 14.2. The van der Waals surface area contributed by atoms with Gasteiger partial charge < -0.3 is 0 Å². The van der Waals surface area contributed by atoms with Gasteiger partial charge in [-0.05, 0) is 65.3 Å². The van der Waals surface area contributed by atoms with Crippen LogP contribution in [-0.2, 0) is 0 Å². The fraction of sp³-hybridized carbons (Fsp3) is 0.0909. The first kappa shape index (κ1) is 21.0. The van der Waals surface area contributed by atoms with Gasteiger partial charge in [0.25, 0.3) is 0 Å². The van der Waals surface area contributed by atoms with E-state index >= 15 is 0 Å². The van der Waals surface area contributed by atoms with Gasteiger partial charge in [0.15, 0.2) is 0 Å². The molecule has 0 aromatic heterocycles. The Morgan fingerprint density at radius 1 is 0.303 bits per heavy atom. The molecule has 33 heavy (non-hydrogen) atoms. The van der Waals surface area contributed by atoms with Gasteiger partial charge in [-0.3, -0.25) is 0 Å². The van der Waals surface area contributed by atoms with Crippen molar-refractivity contribution in [1.82, 2.24) is 0 Å². The molecule has 0 spiro atoms. The average Bonchev–Trinajstić information content (AvgIpc) is 2.85. The van der Waals surface area contributed by atoms with E-state index in [4.69, 9.17) is 0 Å². The monoisotopic (exact) mass is 424 g/mol. The van der Waals surface area contributed by atoms with E-state index in [0.717, 1.165) is 0 Å². The van der Waals surface area contributed by atoms with Gasteiger partial charge in [0.1, 0.15) is 0 Å². The topological polar surface area (TPSA) is 0 Å². The molecule has 5 rings (SSSR count). The summed E-state index contributed by atoms with van der Waals surface area (Å²) < 4.78 is 0. The van der Waals surface area contributed by atoms with Crippen LogP contribution in [0.5, 0.6) is 0 Å². The van der Waals surface area contributed by atoms with Crippen molar-refractivity contribution >= 4 is 0 Å². The Kier molecular flexibility index (Phi) is 5.67. The Bertz CT molecular complexity index is 1370. The molecule has 5 aromatic rings. The second kappa shape index (κ2) is 8.92. The van der Waals surface area contributed by atoms with Crippen molar-refractivity contribution in [2.45, 2.75) is 20.8 Å². The molecule has 0 aliphatic heterocycles. The summed E-state index contributed by atoms with van der Waals surface area (Å²) in [5.74, 6) is 0. The maximum Gasteiger partial charge on any atom is -0.00206 e. The standard InChI is InChI=1S/C33H28/c1-23-9-15-27(16-10-23)31-22-21-30(26-7-5-4-6-8-26)32(28-17-11-24(2)12-18-28)33(31)29-19-13-25(3)14-20-29/h4-22H,1-3H3. The van der Waals surface area contributed by atoms with Crippen LogP contribution in [0.15, 0.2) is 115 Å². The smallest absolute Gasteiger partial charge is 0.00206 e. The lowest BCUT2D eigenvalue weighted by molar-refractivity contribution is 1.44. The molecule has 0 saturated carbocycles. The van der Waals surface area contributed by atoms with E-state index in [-0.39, 0.29) is 0 Å². The Morgan fingerprint density at radius 3 is 1.03 bits per heavy atom. The molecule has 0 heteroatoms. The number of aryl methyl sites for hydroxylation is 3. The lowest BCUT2D eigenvalue weighted by Crippen LogP contribution is -1.95. The van der Waals surface area contributed by atoms with E-state index in [1.165, 1.54) is 61.2 Å². The van der Waals surface area contributed by atoms with Gasteiger partial charge in [0.05, 0.1) is 0 Å². The molecule has 0 heterocycles. The number of benzene rings is 5. The van der Waals surface area contributed by atoms with Gasteiger partial charge >= 0.3 is 0 Å². The van der Waals surface area contributed by atoms with Crippen LogP contribution in [-0.4, -0.2) is 0 Å². The molecule has 0 N–H and O–H groups in total. The molecule has 0 unspecified atom stereocenters. The lowest BCUT2D eigenvalue weighted by Gasteiger charge is -2.21. The van der Waals surface area contributed by atoms with Gasteiger partial charge in [0.2, 0.25) is 0 Å². The summed E-state index contributed by atoms with van der Waals surface area (Å²) in [5.41, 5.74) is 13.8. The van der Waals surface area contributed by atoms with E-state index in [2.05, 4.69) is 136 Å². The Labute approximate surface area is 197 Å². The van der Waals surface area contributed by atoms with Crippen LogP contribution in [0.3, 0.4) is 0 Å². The van der Waals surface area contributed by atoms with E-state index in [1.54, 1.807) is 0 Å². The maximum absolute atomic E-state index is 2.29. The summed E-state index contributed by atoms with van der Waals surface area (Å²) in [6.07, 6.45) is 0. The van der Waals surface area contributed by atoms with E-state index in [9.17, 15) is 0 Å². The van der Waals surface area contributed by atoms with Crippen molar-refractivity contribution in [3.05, 3.63) is 132 Å². The summed E-state index contributed by atoms with van der Waals surface area (Å²) in [7, 11) is 0. The number of hydrogen-bond donors (Lipinski definition) is 0. The van der Waals surface area contributed by atoms with Crippen molar-refractivity contribution in [2.24, 2.45) is 0 Å². The quantitative estimate of drug-likeness (QED) is 0.270. The van der Waals surface area contributed by atoms with Crippen LogP contribution in [0.4, 0.5) is 0 Å². The lowest BCUT2D eigenvalue weighted by atomic mass is 9.82. The van der Waals surface area contributed by atoms with Crippen molar-refractivity contribution < 1.29 is 0 Å². The molecule has 0 fully saturated rings. The van der Waals surface area contributed by atoms with Crippen molar-refractivity contribution in [3.63, 3.8) is 0 Å². The van der Waals surface area contributed by atoms with Crippen LogP contribution in [0.1, 0.15) is 16.7 Å². The van der Waals surface area contributed by atoms with Crippen molar-refractivity contribution in [3.8, 4) is 44.5 Å². The van der Waals surface area contributed by atoms with Gasteiger partial charge in [-0.25, -0.2) is 0 Å². The first-order valence-electron chi connectivity index (χ1n) is 11.5. The summed E-state index contributed by atoms with van der Waals surface area (Å²) in [4.78, 5) is 0. The van der Waals surface area contributed by atoms with Gasteiger partial charge in [-0.1, -0.05) is 132 Å². The van der Waals surface area contributed by atoms with Crippen molar-refractivity contribution in [2.75, 3.05) is 0 Å². The van der Waals surface area contributed by atoms with Crippen LogP contribution in [0.25, 0.3) is 44.5 Å². The first-order chi connectivity index (χ1) is 16.1. The summed E-state index contributed by atoms with van der Waals surface area (Å²) >= 11 is 0. The molecule has 0 amide bonds. The molecule has 0 aliphatic rings. The van der Waals surface area contributed by atoms with Gasteiger partial charge in [-0.15, -0.1) is 0 Å². The summed E-state index contributed by atoms with van der Waals surface area (Å²) in [6.45, 7) is 6.43. The largest absolute Gasteiger partial charge is 0.0622 e. The predicted molar refractivity (Wildman–Crippen MR) is 142 cm³/mol. The van der Waals surface area contributed by atoms with Crippen molar-refractivity contribution in [1.29, 1.82) is 0 Å². The predicted octanol–water partition coefficient (Wildman–Crippen LogP) is 9.28. The molecule has 0 aliphatic carbocycles. The molecular formula is C33H28. The number of rotatable bonds is 4. The molecule has 0 radical (unpaired) electrons. The van der Waals surface area contributed by atoms with Gasteiger partial charge in [0, 0.05) is 0 Å². The van der Waals surface area contributed by atoms with E-state index < -0.39 is 0 Å². The Hall–Kier alpha value is -3.90. The third kappa shape index (κ3) is 4.25. The Morgan fingerprint density at radius 2 is 0.636 bits per heavy atom. The zero-order chi connectivity index (χ0) is 22.8. The van der Waals surface area contributed by atoms with Gasteiger partial charge in [-0.2, -0.15) is 0 Å². The minimum atomic E-state index is 1.23. The minimum absolute atomic E-state index is 1.23. The highest BCUT2D eigenvalue weighted by Crippen LogP contribution is 2.45. The van der Waals surface area contributed by atoms with E-state index in [0.29, 0.717) is 0 Å². The summed E-state index contributed by atoms with van der Waals surface area (Å²) in [5, 5.41) is 0. The molecule has 0 saturated heterocycles. The third-order valence-electron chi connectivity index (χ3n) is 6.33. The second-order valence-corrected chi connectivity index (χ2v) is 8.87. The zero-order valence-electron chi connectivity index (χ0n) is 19.5. The molecule has 5 aromatic carbocycles. The Balaban J connectivity index is 1.89. The fourth-order valence-corrected chi connectivity index (χ4v) is 4.47. The molecule has 0 nitrogen and oxygen atoms in total. The maximum atomic E-state index is 2.29. The van der Waals surface area contributed by atoms with Crippen LogP contribution in [0, 0.1) is 20.8 Å². The SMILES string of the molecule is Cc1ccc(-c2ccc(-c3ccccc3)c(-c3ccc(C)cc3)c2-c2ccc(C)cc2)cc1. The zero-order valence-corrected chi connectivity index (χ0v) is 19.5. The highest BCUT2D eigenvalue weighted by molar-refractivity contribution is 6.01. The first-order valence-corrected chi connectivity index (χ1v) is 11.5. The molecule has 160 valence electrons. The van der Waals surface area contributed by atoms with Crippen LogP contribution < -0.4 is 0 Å².